The molecular weight excluding hydrogens is 262 g/mol. The molecule has 2 heterocycles. The molecule has 2 rings (SSSR count). The van der Waals surface area contributed by atoms with Crippen LogP contribution in [0.4, 0.5) is 5.88 Å². The molecule has 0 aliphatic rings. The van der Waals surface area contributed by atoms with Crippen LogP contribution in [-0.4, -0.2) is 25.5 Å². The minimum Gasteiger partial charge on any atom is -0.404 e. The van der Waals surface area contributed by atoms with Gasteiger partial charge in [-0.1, -0.05) is 5.21 Å². The van der Waals surface area contributed by atoms with Gasteiger partial charge in [-0.3, -0.25) is 10.1 Å². The fourth-order valence-electron chi connectivity index (χ4n) is 1.56. The molecule has 8 heteroatoms. The van der Waals surface area contributed by atoms with Crippen molar-refractivity contribution >= 4 is 5.88 Å². The van der Waals surface area contributed by atoms with Crippen molar-refractivity contribution in [2.24, 2.45) is 0 Å². The van der Waals surface area contributed by atoms with Crippen LogP contribution in [0.5, 0.6) is 0 Å². The van der Waals surface area contributed by atoms with E-state index >= 15 is 0 Å². The summed E-state index contributed by atoms with van der Waals surface area (Å²) < 4.78 is 6.65. The summed E-state index contributed by atoms with van der Waals surface area (Å²) in [5.41, 5.74) is 0.812. The normalized spacial score (nSPS) is 11.8. The summed E-state index contributed by atoms with van der Waals surface area (Å²) in [5, 5.41) is 21.8. The lowest BCUT2D eigenvalue weighted by Crippen LogP contribution is -2.35. The highest BCUT2D eigenvalue weighted by Gasteiger charge is 2.13. The standard InChI is InChI=1S/C12H17N5O3/c1-12(2,3)13-6-9-7-16(15-14-9)8-10-4-5-11(20-10)17(18)19/h4-5,7,13H,6,8H2,1-3H3. The number of hydrogen-bond acceptors (Lipinski definition) is 6. The first-order valence-electron chi connectivity index (χ1n) is 6.21. The molecule has 20 heavy (non-hydrogen) atoms. The highest BCUT2D eigenvalue weighted by atomic mass is 16.6. The van der Waals surface area contributed by atoms with Crippen molar-refractivity contribution in [3.8, 4) is 0 Å². The SMILES string of the molecule is CC(C)(C)NCc1cn(Cc2ccc([N+](=O)[O-])o2)nn1. The van der Waals surface area contributed by atoms with Gasteiger partial charge in [-0.25, -0.2) is 4.68 Å². The third-order valence-electron chi connectivity index (χ3n) is 2.53. The van der Waals surface area contributed by atoms with Gasteiger partial charge in [-0.05, 0) is 26.8 Å². The van der Waals surface area contributed by atoms with E-state index in [9.17, 15) is 10.1 Å². The number of hydrogen-bond donors (Lipinski definition) is 1. The Morgan fingerprint density at radius 3 is 2.80 bits per heavy atom. The molecule has 108 valence electrons. The van der Waals surface area contributed by atoms with Crippen LogP contribution < -0.4 is 5.32 Å². The molecule has 0 saturated carbocycles. The second kappa shape index (κ2) is 5.41. The summed E-state index contributed by atoms with van der Waals surface area (Å²) in [5.74, 6) is 0.201. The second-order valence-electron chi connectivity index (χ2n) is 5.51. The number of rotatable bonds is 5. The van der Waals surface area contributed by atoms with Crippen molar-refractivity contribution in [3.05, 3.63) is 39.9 Å². The maximum Gasteiger partial charge on any atom is 0.433 e. The highest BCUT2D eigenvalue weighted by molar-refractivity contribution is 5.17. The molecule has 0 aliphatic heterocycles. The monoisotopic (exact) mass is 279 g/mol. The van der Waals surface area contributed by atoms with E-state index in [1.807, 2.05) is 0 Å². The Balaban J connectivity index is 1.96. The quantitative estimate of drug-likeness (QED) is 0.660. The third-order valence-corrected chi connectivity index (χ3v) is 2.53. The molecule has 2 aromatic rings. The van der Waals surface area contributed by atoms with E-state index < -0.39 is 4.92 Å². The molecule has 0 aliphatic carbocycles. The average Bonchev–Trinajstić information content (AvgIpc) is 2.95. The molecule has 0 radical (unpaired) electrons. The minimum absolute atomic E-state index is 0.00536. The van der Waals surface area contributed by atoms with Crippen molar-refractivity contribution in [3.63, 3.8) is 0 Å². The Morgan fingerprint density at radius 1 is 1.45 bits per heavy atom. The Hall–Kier alpha value is -2.22. The Labute approximate surface area is 115 Å². The molecule has 2 aromatic heterocycles. The summed E-state index contributed by atoms with van der Waals surface area (Å²) in [6, 6.07) is 2.89. The first kappa shape index (κ1) is 14.2. The van der Waals surface area contributed by atoms with E-state index in [0.29, 0.717) is 18.8 Å². The number of nitrogens with zero attached hydrogens (tertiary/aromatic N) is 4. The fourth-order valence-corrected chi connectivity index (χ4v) is 1.56. The lowest BCUT2D eigenvalue weighted by atomic mass is 10.1. The lowest BCUT2D eigenvalue weighted by molar-refractivity contribution is -0.402. The fraction of sp³-hybridized carbons (Fsp3) is 0.500. The average molecular weight is 279 g/mol. The smallest absolute Gasteiger partial charge is 0.404 e. The summed E-state index contributed by atoms with van der Waals surface area (Å²) >= 11 is 0. The van der Waals surface area contributed by atoms with Gasteiger partial charge in [0.1, 0.15) is 17.2 Å². The van der Waals surface area contributed by atoms with Crippen molar-refractivity contribution in [1.82, 2.24) is 20.3 Å². The molecule has 0 amide bonds. The zero-order valence-electron chi connectivity index (χ0n) is 11.7. The number of aromatic nitrogens is 3. The third kappa shape index (κ3) is 3.89. The first-order chi connectivity index (χ1) is 9.33. The van der Waals surface area contributed by atoms with Crippen LogP contribution in [-0.2, 0) is 13.1 Å². The van der Waals surface area contributed by atoms with E-state index in [1.54, 1.807) is 16.9 Å². The molecule has 0 aromatic carbocycles. The van der Waals surface area contributed by atoms with Gasteiger partial charge in [0.05, 0.1) is 18.0 Å². The molecule has 1 N–H and O–H groups in total. The van der Waals surface area contributed by atoms with E-state index in [0.717, 1.165) is 5.69 Å². The summed E-state index contributed by atoms with van der Waals surface area (Å²) in [6.45, 7) is 7.14. The molecule has 0 atom stereocenters. The summed E-state index contributed by atoms with van der Waals surface area (Å²) in [6.07, 6.45) is 1.78. The molecule has 0 unspecified atom stereocenters. The van der Waals surface area contributed by atoms with E-state index in [-0.39, 0.29) is 11.4 Å². The largest absolute Gasteiger partial charge is 0.433 e. The van der Waals surface area contributed by atoms with Gasteiger partial charge in [0.2, 0.25) is 0 Å². The predicted octanol–water partition coefficient (Wildman–Crippen LogP) is 1.72. The zero-order chi connectivity index (χ0) is 14.8. The summed E-state index contributed by atoms with van der Waals surface area (Å²) in [7, 11) is 0. The summed E-state index contributed by atoms with van der Waals surface area (Å²) in [4.78, 5) is 9.95. The van der Waals surface area contributed by atoms with Crippen LogP contribution in [0.3, 0.4) is 0 Å². The van der Waals surface area contributed by atoms with Crippen LogP contribution in [0.15, 0.2) is 22.7 Å². The first-order valence-corrected chi connectivity index (χ1v) is 6.21. The molecule has 0 saturated heterocycles. The minimum atomic E-state index is -0.566. The number of nitrogens with one attached hydrogen (secondary N) is 1. The number of nitro groups is 1. The van der Waals surface area contributed by atoms with Gasteiger partial charge < -0.3 is 9.73 Å². The second-order valence-corrected chi connectivity index (χ2v) is 5.51. The van der Waals surface area contributed by atoms with Crippen molar-refractivity contribution in [2.75, 3.05) is 0 Å². The van der Waals surface area contributed by atoms with E-state index in [4.69, 9.17) is 4.42 Å². The van der Waals surface area contributed by atoms with Crippen LogP contribution >= 0.6 is 0 Å². The maximum atomic E-state index is 10.5. The van der Waals surface area contributed by atoms with Gasteiger partial charge in [-0.15, -0.1) is 5.10 Å². The molecule has 0 bridgehead atoms. The van der Waals surface area contributed by atoms with Gasteiger partial charge in [-0.2, -0.15) is 0 Å². The van der Waals surface area contributed by atoms with Crippen LogP contribution in [0.1, 0.15) is 32.2 Å². The van der Waals surface area contributed by atoms with Crippen LogP contribution in [0, 0.1) is 10.1 Å². The Morgan fingerprint density at radius 2 is 2.20 bits per heavy atom. The molecule has 0 spiro atoms. The molecule has 8 nitrogen and oxygen atoms in total. The van der Waals surface area contributed by atoms with Crippen LogP contribution in [0.25, 0.3) is 0 Å². The highest BCUT2D eigenvalue weighted by Crippen LogP contribution is 2.16. The Kier molecular flexibility index (Phi) is 3.84. The Bertz CT molecular complexity index is 596. The van der Waals surface area contributed by atoms with Gasteiger partial charge in [0.25, 0.3) is 0 Å². The van der Waals surface area contributed by atoms with Gasteiger partial charge in [0, 0.05) is 12.1 Å². The van der Waals surface area contributed by atoms with Crippen molar-refractivity contribution < 1.29 is 9.34 Å². The van der Waals surface area contributed by atoms with Crippen molar-refractivity contribution in [1.29, 1.82) is 0 Å². The zero-order valence-corrected chi connectivity index (χ0v) is 11.7. The van der Waals surface area contributed by atoms with E-state index in [1.165, 1.54) is 6.07 Å². The predicted molar refractivity (Wildman–Crippen MR) is 71.1 cm³/mol. The van der Waals surface area contributed by atoms with E-state index in [2.05, 4.69) is 36.4 Å². The maximum absolute atomic E-state index is 10.5. The van der Waals surface area contributed by atoms with Crippen molar-refractivity contribution in [2.45, 2.75) is 39.4 Å². The molecular formula is C12H17N5O3. The van der Waals surface area contributed by atoms with Crippen LogP contribution in [0.2, 0.25) is 0 Å². The number of furan rings is 1. The lowest BCUT2D eigenvalue weighted by Gasteiger charge is -2.19. The topological polar surface area (TPSA) is 99.0 Å². The molecule has 0 fully saturated rings. The van der Waals surface area contributed by atoms with Gasteiger partial charge in [0.15, 0.2) is 0 Å². The van der Waals surface area contributed by atoms with Gasteiger partial charge >= 0.3 is 5.88 Å².